The zero-order chi connectivity index (χ0) is 18.0. The molecule has 0 bridgehead atoms. The van der Waals surface area contributed by atoms with Gasteiger partial charge in [0.15, 0.2) is 0 Å². The molecule has 3 rings (SSSR count). The summed E-state index contributed by atoms with van der Waals surface area (Å²) in [5, 5.41) is 1.03. The summed E-state index contributed by atoms with van der Waals surface area (Å²) in [6, 6.07) is 20.7. The van der Waals surface area contributed by atoms with Crippen LogP contribution in [-0.2, 0) is 0 Å². The Morgan fingerprint density at radius 1 is 0.731 bits per heavy atom. The molecular formula is C23H22LiOP. The van der Waals surface area contributed by atoms with E-state index in [4.69, 9.17) is 0 Å². The summed E-state index contributed by atoms with van der Waals surface area (Å²) in [5.41, 5.74) is 8.04. The van der Waals surface area contributed by atoms with Crippen LogP contribution in [0.3, 0.4) is 0 Å². The van der Waals surface area contributed by atoms with Gasteiger partial charge in [0.2, 0.25) is 0 Å². The SMILES string of the molecule is Cc1cc(C)c(C(=O)[P-]c2ccc(-c3ccccc3)cc2)c(C)c1C.[Li+]. The molecule has 0 radical (unpaired) electrons. The Bertz CT molecular complexity index is 915. The Morgan fingerprint density at radius 2 is 1.31 bits per heavy atom. The summed E-state index contributed by atoms with van der Waals surface area (Å²) in [7, 11) is 0.731. The van der Waals surface area contributed by atoms with Gasteiger partial charge in [-0.15, -0.1) is 0 Å². The summed E-state index contributed by atoms with van der Waals surface area (Å²) in [6.07, 6.45) is 0. The zero-order valence-electron chi connectivity index (χ0n) is 16.1. The molecule has 0 aromatic heterocycles. The molecule has 0 aliphatic heterocycles. The molecule has 0 heterocycles. The minimum absolute atomic E-state index is 0. The molecule has 0 saturated carbocycles. The minimum Gasteiger partial charge on any atom is -0.426 e. The standard InChI is InChI=1S/C23H22OP.Li/c1-15-14-16(2)22(18(4)17(15)3)23(24)25-21-12-10-20(11-13-21)19-8-6-5-7-9-19;/h5-14H,1-4H3;/q-1;+1. The predicted molar refractivity (Wildman–Crippen MR) is 108 cm³/mol. The van der Waals surface area contributed by atoms with Crippen molar-refractivity contribution in [3.05, 3.63) is 88.5 Å². The number of hydrogen-bond donors (Lipinski definition) is 0. The third kappa shape index (κ3) is 4.36. The van der Waals surface area contributed by atoms with E-state index in [1.54, 1.807) is 0 Å². The second-order valence-electron chi connectivity index (χ2n) is 6.47. The molecule has 3 heteroatoms. The molecule has 0 amide bonds. The van der Waals surface area contributed by atoms with Gasteiger partial charge in [-0.1, -0.05) is 60.7 Å². The van der Waals surface area contributed by atoms with E-state index in [2.05, 4.69) is 51.1 Å². The van der Waals surface area contributed by atoms with E-state index in [0.29, 0.717) is 0 Å². The van der Waals surface area contributed by atoms with Crippen LogP contribution >= 0.6 is 8.58 Å². The molecule has 26 heavy (non-hydrogen) atoms. The van der Waals surface area contributed by atoms with Crippen molar-refractivity contribution in [3.8, 4) is 11.1 Å². The van der Waals surface area contributed by atoms with Gasteiger partial charge in [0.25, 0.3) is 0 Å². The van der Waals surface area contributed by atoms with Crippen molar-refractivity contribution in [3.63, 3.8) is 0 Å². The van der Waals surface area contributed by atoms with Crippen molar-refractivity contribution in [2.24, 2.45) is 0 Å². The summed E-state index contributed by atoms with van der Waals surface area (Å²) < 4.78 is 0. The molecule has 0 atom stereocenters. The van der Waals surface area contributed by atoms with Crippen LogP contribution < -0.4 is 24.2 Å². The van der Waals surface area contributed by atoms with E-state index in [9.17, 15) is 4.79 Å². The van der Waals surface area contributed by atoms with E-state index < -0.39 is 0 Å². The fraction of sp³-hybridized carbons (Fsp3) is 0.174. The van der Waals surface area contributed by atoms with Gasteiger partial charge in [0.05, 0.1) is 0 Å². The maximum atomic E-state index is 12.9. The van der Waals surface area contributed by atoms with E-state index in [1.165, 1.54) is 22.3 Å². The summed E-state index contributed by atoms with van der Waals surface area (Å²) in [6.45, 7) is 8.27. The first kappa shape index (κ1) is 20.7. The molecule has 0 aliphatic rings. The zero-order valence-corrected chi connectivity index (χ0v) is 17.0. The third-order valence-corrected chi connectivity index (χ3v) is 5.76. The fourth-order valence-corrected chi connectivity index (χ4v) is 4.13. The average Bonchev–Trinajstić information content (AvgIpc) is 2.61. The van der Waals surface area contributed by atoms with Crippen LogP contribution in [-0.4, -0.2) is 5.52 Å². The van der Waals surface area contributed by atoms with E-state index >= 15 is 0 Å². The maximum Gasteiger partial charge on any atom is 1.00 e. The molecule has 0 N–H and O–H groups in total. The summed E-state index contributed by atoms with van der Waals surface area (Å²) >= 11 is 0. The van der Waals surface area contributed by atoms with Crippen LogP contribution in [0.5, 0.6) is 0 Å². The number of hydrogen-bond acceptors (Lipinski definition) is 1. The largest absolute Gasteiger partial charge is 1.00 e. The Labute approximate surface area is 170 Å². The van der Waals surface area contributed by atoms with Crippen molar-refractivity contribution in [2.75, 3.05) is 0 Å². The van der Waals surface area contributed by atoms with Crippen molar-refractivity contribution in [1.29, 1.82) is 0 Å². The Balaban J connectivity index is 0.00000243. The van der Waals surface area contributed by atoms with Gasteiger partial charge in [-0.25, -0.2) is 0 Å². The summed E-state index contributed by atoms with van der Waals surface area (Å²) in [4.78, 5) is 12.9. The van der Waals surface area contributed by atoms with Crippen molar-refractivity contribution in [1.82, 2.24) is 0 Å². The number of aryl methyl sites for hydroxylation is 2. The molecule has 126 valence electrons. The second-order valence-corrected chi connectivity index (χ2v) is 7.61. The number of rotatable bonds is 4. The molecule has 1 nitrogen and oxygen atoms in total. The molecule has 0 aliphatic carbocycles. The van der Waals surface area contributed by atoms with Crippen molar-refractivity contribution < 1.29 is 23.7 Å². The Hall–Kier alpha value is -1.64. The molecule has 3 aromatic rings. The van der Waals surface area contributed by atoms with E-state index in [-0.39, 0.29) is 24.4 Å². The fourth-order valence-electron chi connectivity index (χ4n) is 3.15. The molecular weight excluding hydrogens is 330 g/mol. The van der Waals surface area contributed by atoms with Gasteiger partial charge in [-0.05, 0) is 66.6 Å². The Morgan fingerprint density at radius 3 is 1.92 bits per heavy atom. The molecule has 0 fully saturated rings. The maximum absolute atomic E-state index is 12.9. The molecule has 3 aromatic carbocycles. The first-order valence-electron chi connectivity index (χ1n) is 8.46. The summed E-state index contributed by atoms with van der Waals surface area (Å²) in [5.74, 6) is 0. The minimum atomic E-state index is 0. The van der Waals surface area contributed by atoms with Crippen LogP contribution in [0.1, 0.15) is 32.6 Å². The monoisotopic (exact) mass is 352 g/mol. The van der Waals surface area contributed by atoms with Gasteiger partial charge in [0, 0.05) is 5.52 Å². The van der Waals surface area contributed by atoms with Gasteiger partial charge >= 0.3 is 18.9 Å². The van der Waals surface area contributed by atoms with Crippen LogP contribution in [0.15, 0.2) is 60.7 Å². The smallest absolute Gasteiger partial charge is 0.426 e. The van der Waals surface area contributed by atoms with E-state index in [0.717, 1.165) is 30.6 Å². The van der Waals surface area contributed by atoms with Crippen molar-refractivity contribution >= 4 is 19.4 Å². The van der Waals surface area contributed by atoms with Gasteiger partial charge < -0.3 is 13.4 Å². The molecule has 0 spiro atoms. The number of carbonyl (C=O) groups excluding carboxylic acids is 1. The third-order valence-electron chi connectivity index (χ3n) is 4.78. The van der Waals surface area contributed by atoms with Crippen LogP contribution in [0.4, 0.5) is 0 Å². The second kappa shape index (κ2) is 8.83. The Kier molecular flexibility index (Phi) is 7.02. The number of benzene rings is 3. The van der Waals surface area contributed by atoms with Gasteiger partial charge in [0.1, 0.15) is 0 Å². The number of carbonyl (C=O) groups is 1. The topological polar surface area (TPSA) is 17.1 Å². The molecule has 0 saturated heterocycles. The van der Waals surface area contributed by atoms with E-state index in [1.807, 2.05) is 37.3 Å². The predicted octanol–water partition coefficient (Wildman–Crippen LogP) is 3.00. The normalized spacial score (nSPS) is 10.8. The van der Waals surface area contributed by atoms with Crippen LogP contribution in [0, 0.1) is 27.7 Å². The quantitative estimate of drug-likeness (QED) is 0.521. The molecule has 0 unspecified atom stereocenters. The van der Waals surface area contributed by atoms with Crippen LogP contribution in [0.25, 0.3) is 11.1 Å². The van der Waals surface area contributed by atoms with Crippen LogP contribution in [0.2, 0.25) is 0 Å². The first-order valence-corrected chi connectivity index (χ1v) is 9.36. The van der Waals surface area contributed by atoms with Gasteiger partial charge in [-0.3, -0.25) is 0 Å². The average molecular weight is 352 g/mol. The van der Waals surface area contributed by atoms with Crippen molar-refractivity contribution in [2.45, 2.75) is 27.7 Å². The van der Waals surface area contributed by atoms with Gasteiger partial charge in [-0.2, -0.15) is 5.30 Å². The first-order chi connectivity index (χ1) is 12.0.